The molecule has 0 unspecified atom stereocenters. The number of aliphatic hydroxyl groups excluding tert-OH is 1. The van der Waals surface area contributed by atoms with Crippen molar-refractivity contribution in [3.8, 4) is 0 Å². The molecule has 0 saturated carbocycles. The molecule has 0 aliphatic carbocycles. The zero-order valence-electron chi connectivity index (χ0n) is 13.5. The zero-order chi connectivity index (χ0) is 16.1. The van der Waals surface area contributed by atoms with Gasteiger partial charge < -0.3 is 9.84 Å². The Balaban J connectivity index is 3.04. The molecule has 0 aliphatic heterocycles. The van der Waals surface area contributed by atoms with E-state index in [-0.39, 0.29) is 17.1 Å². The maximum absolute atomic E-state index is 9.68. The number of hydrogen-bond acceptors (Lipinski definition) is 3. The van der Waals surface area contributed by atoms with Crippen LogP contribution in [0.15, 0.2) is 42.5 Å². The Labute approximate surface area is 128 Å². The van der Waals surface area contributed by atoms with Gasteiger partial charge in [-0.1, -0.05) is 64.2 Å². The average molecular weight is 305 g/mol. The van der Waals surface area contributed by atoms with Crippen molar-refractivity contribution in [3.05, 3.63) is 53.0 Å². The fourth-order valence-electron chi connectivity index (χ4n) is 1.89. The average Bonchev–Trinajstić information content (AvgIpc) is 2.37. The lowest BCUT2D eigenvalue weighted by molar-refractivity contribution is 0.0404. The molecule has 4 nitrogen and oxygen atoms in total. The van der Waals surface area contributed by atoms with Crippen LogP contribution in [0.2, 0.25) is 24.2 Å². The van der Waals surface area contributed by atoms with Crippen molar-refractivity contribution < 1.29 is 9.84 Å². The van der Waals surface area contributed by atoms with E-state index >= 15 is 0 Å². The molecule has 21 heavy (non-hydrogen) atoms. The Kier molecular flexibility index (Phi) is 5.56. The van der Waals surface area contributed by atoms with Crippen molar-refractivity contribution >= 4 is 8.07 Å². The van der Waals surface area contributed by atoms with E-state index in [2.05, 4.69) is 38.8 Å². The van der Waals surface area contributed by atoms with Gasteiger partial charge in [0, 0.05) is 0 Å². The van der Waals surface area contributed by atoms with E-state index in [1.54, 1.807) is 0 Å². The first-order valence-corrected chi connectivity index (χ1v) is 10.3. The highest BCUT2D eigenvalue weighted by Gasteiger charge is 2.38. The molecule has 0 spiro atoms. The van der Waals surface area contributed by atoms with Gasteiger partial charge in [-0.3, -0.25) is 0 Å². The van der Waals surface area contributed by atoms with Crippen LogP contribution in [0.25, 0.3) is 4.98 Å². The minimum absolute atomic E-state index is 0.226. The zero-order valence-corrected chi connectivity index (χ0v) is 14.5. The molecule has 1 atom stereocenters. The Morgan fingerprint density at radius 3 is 2.38 bits per heavy atom. The maximum Gasteiger partial charge on any atom is 0.429 e. The van der Waals surface area contributed by atoms with Crippen LogP contribution in [-0.2, 0) is 4.74 Å². The number of ether oxygens (including phenoxy) is 1. The minimum atomic E-state index is -1.60. The van der Waals surface area contributed by atoms with Gasteiger partial charge in [-0.05, 0) is 16.6 Å². The summed E-state index contributed by atoms with van der Waals surface area (Å²) in [5.74, 6) is -0.370. The van der Waals surface area contributed by atoms with Crippen LogP contribution >= 0.6 is 0 Å². The molecule has 0 fully saturated rings. The summed E-state index contributed by atoms with van der Waals surface area (Å²) in [5.41, 5.74) is 1.01. The van der Waals surface area contributed by atoms with E-state index in [0.29, 0.717) is 0 Å². The van der Waals surface area contributed by atoms with Gasteiger partial charge in [-0.15, -0.1) is 0 Å². The molecule has 0 aliphatic rings. The van der Waals surface area contributed by atoms with Gasteiger partial charge in [-0.2, -0.15) is 0 Å². The van der Waals surface area contributed by atoms with E-state index in [9.17, 15) is 5.11 Å². The predicted molar refractivity (Wildman–Crippen MR) is 88.1 cm³/mol. The van der Waals surface area contributed by atoms with Crippen molar-refractivity contribution in [3.63, 3.8) is 0 Å². The van der Waals surface area contributed by atoms with Crippen LogP contribution in [0.1, 0.15) is 32.4 Å². The van der Waals surface area contributed by atoms with E-state index in [4.69, 9.17) is 10.1 Å². The molecular weight excluding hydrogens is 280 g/mol. The van der Waals surface area contributed by atoms with Crippen LogP contribution in [-0.4, -0.2) is 13.2 Å². The number of hydrogen-bond donors (Lipinski definition) is 1. The number of rotatable bonds is 5. The Hall–Kier alpha value is -1.80. The molecule has 0 bridgehead atoms. The molecule has 1 aromatic carbocycles. The largest absolute Gasteiger partial charge is 0.476 e. The van der Waals surface area contributed by atoms with Crippen molar-refractivity contribution in [1.29, 1.82) is 5.39 Å². The molecule has 1 aromatic rings. The molecule has 5 heteroatoms. The van der Waals surface area contributed by atoms with Crippen molar-refractivity contribution in [2.75, 3.05) is 0 Å². The monoisotopic (exact) mass is 305 g/mol. The van der Waals surface area contributed by atoms with Gasteiger partial charge in [0.1, 0.15) is 6.10 Å². The van der Waals surface area contributed by atoms with Gasteiger partial charge in [0.2, 0.25) is 5.39 Å². The predicted octanol–water partition coefficient (Wildman–Crippen LogP) is 5.46. The van der Waals surface area contributed by atoms with Gasteiger partial charge >= 0.3 is 12.1 Å². The quantitative estimate of drug-likeness (QED) is 0.446. The first-order valence-electron chi connectivity index (χ1n) is 7.12. The molecule has 0 heterocycles. The third-order valence-corrected chi connectivity index (χ3v) is 9.78. The molecule has 114 valence electrons. The second-order valence-corrected chi connectivity index (χ2v) is 12.6. The van der Waals surface area contributed by atoms with Crippen molar-refractivity contribution in [2.45, 2.75) is 51.1 Å². The fraction of sp³-hybridized carbons (Fsp3) is 0.500. The van der Waals surface area contributed by atoms with E-state index in [1.165, 1.54) is 0 Å². The van der Waals surface area contributed by atoms with Crippen LogP contribution in [0.4, 0.5) is 0 Å². The summed E-state index contributed by atoms with van der Waals surface area (Å²) >= 11 is 0. The Morgan fingerprint density at radius 2 is 1.90 bits per heavy atom. The lowest BCUT2D eigenvalue weighted by Gasteiger charge is -2.39. The van der Waals surface area contributed by atoms with E-state index in [0.717, 1.165) is 17.8 Å². The van der Waals surface area contributed by atoms with Crippen LogP contribution < -0.4 is 0 Å². The normalized spacial score (nSPS) is 14.4. The molecule has 1 rings (SSSR count). The molecule has 0 saturated heterocycles. The van der Waals surface area contributed by atoms with Crippen LogP contribution in [0.5, 0.6) is 0 Å². The summed E-state index contributed by atoms with van der Waals surface area (Å²) < 4.78 is 5.61. The lowest BCUT2D eigenvalue weighted by atomic mass is 10.1. The first kappa shape index (κ1) is 17.2. The van der Waals surface area contributed by atoms with Gasteiger partial charge in [-0.25, -0.2) is 0 Å². The summed E-state index contributed by atoms with van der Waals surface area (Å²) in [6.07, 6.45) is 0.659. The Bertz CT molecular complexity index is 527. The lowest BCUT2D eigenvalue weighted by Crippen LogP contribution is -2.38. The third kappa shape index (κ3) is 4.90. The highest BCUT2D eigenvalue weighted by molar-refractivity contribution is 6.80. The second-order valence-electron chi connectivity index (χ2n) is 6.94. The summed E-state index contributed by atoms with van der Waals surface area (Å²) in [4.78, 5) is 2.80. The third-order valence-electron chi connectivity index (χ3n) is 4.33. The number of aliphatic hydroxyl groups is 1. The second kappa shape index (κ2) is 6.77. The summed E-state index contributed by atoms with van der Waals surface area (Å²) in [7, 11) is -1.60. The molecule has 0 amide bonds. The van der Waals surface area contributed by atoms with Gasteiger partial charge in [0.25, 0.3) is 0 Å². The number of diazo groups is 1. The van der Waals surface area contributed by atoms with E-state index < -0.39 is 8.07 Å². The van der Waals surface area contributed by atoms with E-state index in [1.807, 2.05) is 30.3 Å². The summed E-state index contributed by atoms with van der Waals surface area (Å²) in [6.45, 7) is 11.4. The van der Waals surface area contributed by atoms with Crippen molar-refractivity contribution in [1.82, 2.24) is 0 Å². The van der Waals surface area contributed by atoms with Crippen molar-refractivity contribution in [2.24, 2.45) is 0 Å². The molecule has 0 radical (unpaired) electrons. The summed E-state index contributed by atoms with van der Waals surface area (Å²) in [6, 6.07) is 10.7. The topological polar surface area (TPSA) is 57.6 Å². The molecule has 0 aromatic heterocycles. The highest BCUT2D eigenvalue weighted by Crippen LogP contribution is 2.43. The Morgan fingerprint density at radius 1 is 1.33 bits per heavy atom. The number of benzene rings is 1. The molecule has 1 N–H and O–H groups in total. The smallest absolute Gasteiger partial charge is 0.429 e. The number of nitrogens with zero attached hydrogens (tertiary/aromatic N) is 2. The maximum atomic E-state index is 9.68. The standard InChI is InChI=1S/C16H24N2O2Si/c1-16(2,3)21(4,5)12-14(20-15(19)11-18-17)13-9-7-6-8-10-13/h6-11,14H,12H2,1-5H3/p+1/b15-11+/t14-/m1/s1. The highest BCUT2D eigenvalue weighted by atomic mass is 28.3. The first-order chi connectivity index (χ1) is 9.67. The van der Waals surface area contributed by atoms with Gasteiger partial charge in [0.15, 0.2) is 4.98 Å². The fourth-order valence-corrected chi connectivity index (χ4v) is 3.75. The molecular formula is C16H25N2O2Si+. The van der Waals surface area contributed by atoms with Crippen LogP contribution in [0, 0.1) is 5.39 Å². The van der Waals surface area contributed by atoms with Gasteiger partial charge in [0.05, 0.1) is 8.07 Å². The van der Waals surface area contributed by atoms with Crippen LogP contribution in [0.3, 0.4) is 0 Å². The SMILES string of the molecule is CC(C)(C)[Si](C)(C)C[C@@H](O/C(O)=C/[N+]#N)c1ccccc1. The summed E-state index contributed by atoms with van der Waals surface area (Å²) in [5, 5.41) is 18.4. The minimum Gasteiger partial charge on any atom is -0.476 e.